The molecule has 0 aromatic heterocycles. The summed E-state index contributed by atoms with van der Waals surface area (Å²) in [6, 6.07) is 13.0. The van der Waals surface area contributed by atoms with Gasteiger partial charge in [0.2, 0.25) is 0 Å². The number of fused-ring (bicyclic) bond motifs is 1. The van der Waals surface area contributed by atoms with Crippen molar-refractivity contribution in [2.45, 2.75) is 6.42 Å². The monoisotopic (exact) mass is 308 g/mol. The fourth-order valence-electron chi connectivity index (χ4n) is 2.48. The third kappa shape index (κ3) is 2.87. The number of amides is 1. The maximum absolute atomic E-state index is 12.3. The van der Waals surface area contributed by atoms with Gasteiger partial charge in [0, 0.05) is 23.4 Å². The van der Waals surface area contributed by atoms with Gasteiger partial charge >= 0.3 is 0 Å². The van der Waals surface area contributed by atoms with Gasteiger partial charge in [-0.1, -0.05) is 30.3 Å². The van der Waals surface area contributed by atoms with Gasteiger partial charge in [0.25, 0.3) is 17.4 Å². The number of nitro groups is 1. The zero-order chi connectivity index (χ0) is 16.4. The van der Waals surface area contributed by atoms with E-state index in [-0.39, 0.29) is 11.3 Å². The first kappa shape index (κ1) is 14.6. The van der Waals surface area contributed by atoms with Crippen LogP contribution in [0.1, 0.15) is 11.1 Å². The molecule has 0 saturated carbocycles. The molecular formula is C17H12N2O4. The van der Waals surface area contributed by atoms with Crippen LogP contribution in [0.5, 0.6) is 0 Å². The second-order valence-electron chi connectivity index (χ2n) is 5.07. The minimum Gasteiger partial charge on any atom is -0.319 e. The van der Waals surface area contributed by atoms with Crippen LogP contribution < -0.4 is 5.32 Å². The summed E-state index contributed by atoms with van der Waals surface area (Å²) in [6.45, 7) is 0. The van der Waals surface area contributed by atoms with Crippen LogP contribution in [-0.4, -0.2) is 16.6 Å². The van der Waals surface area contributed by atoms with Crippen LogP contribution in [0, 0.1) is 10.1 Å². The summed E-state index contributed by atoms with van der Waals surface area (Å²) in [6.07, 6.45) is 2.11. The number of allylic oxidation sites excluding steroid dienone is 1. The zero-order valence-electron chi connectivity index (χ0n) is 12.0. The standard InChI is InChI=1S/C17H12N2O4/c20-16(17(21)18-12-4-2-1-3-5-12)14-9-7-11-6-8-13(19(22)23)10-15(11)14/h1-6,8-10H,7H2,(H,18,21). The average Bonchev–Trinajstić information content (AvgIpc) is 2.98. The first-order chi connectivity index (χ1) is 11.1. The van der Waals surface area contributed by atoms with Gasteiger partial charge in [-0.05, 0) is 29.7 Å². The molecule has 0 spiro atoms. The van der Waals surface area contributed by atoms with Crippen molar-refractivity contribution < 1.29 is 14.5 Å². The number of carbonyl (C=O) groups is 2. The lowest BCUT2D eigenvalue weighted by Gasteiger charge is -2.06. The molecule has 6 heteroatoms. The maximum Gasteiger partial charge on any atom is 0.296 e. The molecule has 1 aliphatic rings. The van der Waals surface area contributed by atoms with Gasteiger partial charge in [-0.25, -0.2) is 0 Å². The number of hydrogen-bond acceptors (Lipinski definition) is 4. The number of non-ortho nitro benzene ring substituents is 1. The first-order valence-electron chi connectivity index (χ1n) is 6.95. The number of anilines is 1. The largest absolute Gasteiger partial charge is 0.319 e. The van der Waals surface area contributed by atoms with Crippen LogP contribution in [0.4, 0.5) is 11.4 Å². The van der Waals surface area contributed by atoms with Crippen molar-refractivity contribution in [2.24, 2.45) is 0 Å². The van der Waals surface area contributed by atoms with Crippen molar-refractivity contribution in [3.8, 4) is 0 Å². The Morgan fingerprint density at radius 1 is 1.09 bits per heavy atom. The van der Waals surface area contributed by atoms with Gasteiger partial charge in [0.15, 0.2) is 0 Å². The number of nitrogens with one attached hydrogen (secondary N) is 1. The highest BCUT2D eigenvalue weighted by atomic mass is 16.6. The number of rotatable bonds is 4. The topological polar surface area (TPSA) is 89.3 Å². The Morgan fingerprint density at radius 2 is 1.83 bits per heavy atom. The van der Waals surface area contributed by atoms with E-state index < -0.39 is 16.6 Å². The van der Waals surface area contributed by atoms with E-state index in [1.54, 1.807) is 42.5 Å². The van der Waals surface area contributed by atoms with Crippen molar-refractivity contribution in [2.75, 3.05) is 5.32 Å². The van der Waals surface area contributed by atoms with E-state index in [4.69, 9.17) is 0 Å². The Hall–Kier alpha value is -3.28. The van der Waals surface area contributed by atoms with Gasteiger partial charge in [-0.2, -0.15) is 0 Å². The SMILES string of the molecule is O=C(Nc1ccccc1)C(=O)C1=CCc2ccc([N+](=O)[O-])cc21. The number of Topliss-reactive ketones (excluding diaryl/α,β-unsaturated/α-hetero) is 1. The summed E-state index contributed by atoms with van der Waals surface area (Å²) in [5.41, 5.74) is 1.87. The molecule has 6 nitrogen and oxygen atoms in total. The normalized spacial score (nSPS) is 12.3. The number of hydrogen-bond donors (Lipinski definition) is 1. The minimum absolute atomic E-state index is 0.104. The highest BCUT2D eigenvalue weighted by molar-refractivity contribution is 6.56. The molecule has 0 radical (unpaired) electrons. The van der Waals surface area contributed by atoms with Gasteiger partial charge in [-0.3, -0.25) is 19.7 Å². The van der Waals surface area contributed by atoms with Crippen molar-refractivity contribution in [1.82, 2.24) is 0 Å². The number of para-hydroxylation sites is 1. The fraction of sp³-hybridized carbons (Fsp3) is 0.0588. The van der Waals surface area contributed by atoms with Crippen LogP contribution in [0.15, 0.2) is 54.6 Å². The Balaban J connectivity index is 1.84. The molecule has 2 aromatic carbocycles. The predicted octanol–water partition coefficient (Wildman–Crippen LogP) is 2.74. The smallest absolute Gasteiger partial charge is 0.296 e. The summed E-state index contributed by atoms with van der Waals surface area (Å²) < 4.78 is 0. The Kier molecular flexibility index (Phi) is 3.72. The number of ketones is 1. The molecule has 0 fully saturated rings. The van der Waals surface area contributed by atoms with Crippen molar-refractivity contribution in [3.05, 3.63) is 75.8 Å². The molecule has 1 amide bonds. The van der Waals surface area contributed by atoms with E-state index in [0.29, 0.717) is 17.7 Å². The van der Waals surface area contributed by atoms with Gasteiger partial charge in [-0.15, -0.1) is 0 Å². The summed E-state index contributed by atoms with van der Waals surface area (Å²) in [5, 5.41) is 13.4. The van der Waals surface area contributed by atoms with Gasteiger partial charge in [0.05, 0.1) is 4.92 Å². The lowest BCUT2D eigenvalue weighted by molar-refractivity contribution is -0.384. The second-order valence-corrected chi connectivity index (χ2v) is 5.07. The van der Waals surface area contributed by atoms with E-state index in [0.717, 1.165) is 5.56 Å². The molecule has 0 saturated heterocycles. The molecule has 0 atom stereocenters. The zero-order valence-corrected chi connectivity index (χ0v) is 12.0. The minimum atomic E-state index is -0.762. The van der Waals surface area contributed by atoms with Crippen LogP contribution in [0.25, 0.3) is 5.57 Å². The highest BCUT2D eigenvalue weighted by Gasteiger charge is 2.27. The average molecular weight is 308 g/mol. The number of benzene rings is 2. The quantitative estimate of drug-likeness (QED) is 0.534. The molecular weight excluding hydrogens is 296 g/mol. The van der Waals surface area contributed by atoms with Crippen molar-refractivity contribution in [3.63, 3.8) is 0 Å². The van der Waals surface area contributed by atoms with E-state index in [1.165, 1.54) is 12.1 Å². The summed E-state index contributed by atoms with van der Waals surface area (Å²) >= 11 is 0. The number of nitrogens with zero attached hydrogens (tertiary/aromatic N) is 1. The molecule has 23 heavy (non-hydrogen) atoms. The van der Waals surface area contributed by atoms with Gasteiger partial charge in [0.1, 0.15) is 0 Å². The van der Waals surface area contributed by atoms with E-state index in [2.05, 4.69) is 5.32 Å². The molecule has 0 aliphatic heterocycles. The Labute approximate surface area is 131 Å². The van der Waals surface area contributed by atoms with Crippen LogP contribution in [-0.2, 0) is 16.0 Å². The molecule has 0 heterocycles. The summed E-state index contributed by atoms with van der Waals surface area (Å²) in [7, 11) is 0. The molecule has 3 rings (SSSR count). The summed E-state index contributed by atoms with van der Waals surface area (Å²) in [4.78, 5) is 34.8. The van der Waals surface area contributed by atoms with Crippen molar-refractivity contribution in [1.29, 1.82) is 0 Å². The van der Waals surface area contributed by atoms with Crippen molar-refractivity contribution >= 4 is 28.6 Å². The van der Waals surface area contributed by atoms with Crippen LogP contribution in [0.3, 0.4) is 0 Å². The van der Waals surface area contributed by atoms with Crippen LogP contribution in [0.2, 0.25) is 0 Å². The molecule has 1 aliphatic carbocycles. The molecule has 114 valence electrons. The summed E-state index contributed by atoms with van der Waals surface area (Å²) in [5.74, 6) is -1.46. The molecule has 0 bridgehead atoms. The first-order valence-corrected chi connectivity index (χ1v) is 6.95. The molecule has 2 aromatic rings. The molecule has 1 N–H and O–H groups in total. The Morgan fingerprint density at radius 3 is 2.52 bits per heavy atom. The maximum atomic E-state index is 12.3. The number of nitro benzene ring substituents is 1. The predicted molar refractivity (Wildman–Crippen MR) is 84.9 cm³/mol. The van der Waals surface area contributed by atoms with E-state index in [9.17, 15) is 19.7 Å². The third-order valence-electron chi connectivity index (χ3n) is 3.60. The lowest BCUT2D eigenvalue weighted by Crippen LogP contribution is -2.23. The highest BCUT2D eigenvalue weighted by Crippen LogP contribution is 2.31. The van der Waals surface area contributed by atoms with Gasteiger partial charge < -0.3 is 5.32 Å². The second kappa shape index (κ2) is 5.84. The van der Waals surface area contributed by atoms with E-state index >= 15 is 0 Å². The Bertz CT molecular complexity index is 841. The number of carbonyl (C=O) groups excluding carboxylic acids is 2. The third-order valence-corrected chi connectivity index (χ3v) is 3.60. The van der Waals surface area contributed by atoms with Crippen LogP contribution >= 0.6 is 0 Å². The molecule has 0 unspecified atom stereocenters. The van der Waals surface area contributed by atoms with E-state index in [1.807, 2.05) is 0 Å². The fourth-order valence-corrected chi connectivity index (χ4v) is 2.48. The lowest BCUT2D eigenvalue weighted by atomic mass is 10.0.